The van der Waals surface area contributed by atoms with Crippen molar-refractivity contribution in [2.75, 3.05) is 23.5 Å². The summed E-state index contributed by atoms with van der Waals surface area (Å²) in [7, 11) is 1.63. The van der Waals surface area contributed by atoms with E-state index in [0.717, 1.165) is 34.5 Å². The Morgan fingerprint density at radius 3 is 2.71 bits per heavy atom. The lowest BCUT2D eigenvalue weighted by molar-refractivity contribution is -0.111. The van der Waals surface area contributed by atoms with E-state index < -0.39 is 0 Å². The molecule has 6 heteroatoms. The number of aryl methyl sites for hydroxylation is 3. The molecule has 1 heterocycles. The second-order valence-corrected chi connectivity index (χ2v) is 7.26. The van der Waals surface area contributed by atoms with E-state index in [4.69, 9.17) is 10.5 Å². The molecule has 3 rings (SSSR count). The van der Waals surface area contributed by atoms with Gasteiger partial charge in [0.05, 0.1) is 24.2 Å². The Balaban J connectivity index is 1.80. The number of pyridine rings is 1. The average molecular weight is 417 g/mol. The van der Waals surface area contributed by atoms with Gasteiger partial charge in [-0.25, -0.2) is 4.98 Å². The average Bonchev–Trinajstić information content (AvgIpc) is 2.76. The summed E-state index contributed by atoms with van der Waals surface area (Å²) in [6, 6.07) is 13.3. The first-order valence-electron chi connectivity index (χ1n) is 10.2. The highest BCUT2D eigenvalue weighted by molar-refractivity contribution is 6.04. The highest BCUT2D eigenvalue weighted by atomic mass is 16.5. The first-order valence-corrected chi connectivity index (χ1v) is 10.2. The molecule has 0 aliphatic heterocycles. The van der Waals surface area contributed by atoms with E-state index in [1.807, 2.05) is 56.3 Å². The number of rotatable bonds is 7. The number of ether oxygens (including phenoxy) is 1. The highest BCUT2D eigenvalue weighted by Gasteiger charge is 2.10. The van der Waals surface area contributed by atoms with Gasteiger partial charge < -0.3 is 21.1 Å². The SMILES string of the molecule is CCc1cc(N)c(NC(=O)/C=C/c2cccnc2Nc2c(C)cccc2OC)cc1C. The van der Waals surface area contributed by atoms with E-state index in [0.29, 0.717) is 17.2 Å². The van der Waals surface area contributed by atoms with E-state index in [-0.39, 0.29) is 5.91 Å². The monoisotopic (exact) mass is 416 g/mol. The van der Waals surface area contributed by atoms with Crippen molar-refractivity contribution in [3.05, 3.63) is 77.0 Å². The van der Waals surface area contributed by atoms with Crippen LogP contribution in [-0.2, 0) is 11.2 Å². The number of aromatic nitrogens is 1. The van der Waals surface area contributed by atoms with E-state index in [1.165, 1.54) is 11.6 Å². The molecule has 3 aromatic rings. The molecule has 0 saturated carbocycles. The van der Waals surface area contributed by atoms with E-state index in [2.05, 4.69) is 22.5 Å². The normalized spacial score (nSPS) is 10.8. The van der Waals surface area contributed by atoms with E-state index in [9.17, 15) is 4.79 Å². The zero-order valence-corrected chi connectivity index (χ0v) is 18.3. The summed E-state index contributed by atoms with van der Waals surface area (Å²) >= 11 is 0. The number of methoxy groups -OCH3 is 1. The van der Waals surface area contributed by atoms with Gasteiger partial charge >= 0.3 is 0 Å². The van der Waals surface area contributed by atoms with Gasteiger partial charge in [0, 0.05) is 17.8 Å². The van der Waals surface area contributed by atoms with Crippen LogP contribution < -0.4 is 21.1 Å². The van der Waals surface area contributed by atoms with Crippen LogP contribution in [0, 0.1) is 13.8 Å². The van der Waals surface area contributed by atoms with Crippen LogP contribution in [0.4, 0.5) is 22.9 Å². The Labute approximate surface area is 183 Å². The zero-order valence-electron chi connectivity index (χ0n) is 18.3. The number of amides is 1. The smallest absolute Gasteiger partial charge is 0.248 e. The largest absolute Gasteiger partial charge is 0.495 e. The molecular formula is C25H28N4O2. The summed E-state index contributed by atoms with van der Waals surface area (Å²) in [4.78, 5) is 16.9. The second kappa shape index (κ2) is 9.80. The van der Waals surface area contributed by atoms with Crippen LogP contribution in [0.25, 0.3) is 6.08 Å². The summed E-state index contributed by atoms with van der Waals surface area (Å²) in [5.74, 6) is 1.08. The van der Waals surface area contributed by atoms with Crippen LogP contribution in [0.15, 0.2) is 54.7 Å². The number of nitrogens with one attached hydrogen (secondary N) is 2. The summed E-state index contributed by atoms with van der Waals surface area (Å²) in [5.41, 5.74) is 12.2. The second-order valence-electron chi connectivity index (χ2n) is 7.26. The summed E-state index contributed by atoms with van der Waals surface area (Å²) in [6.45, 7) is 6.08. The maximum Gasteiger partial charge on any atom is 0.248 e. The van der Waals surface area contributed by atoms with Crippen molar-refractivity contribution in [2.45, 2.75) is 27.2 Å². The molecule has 0 aliphatic carbocycles. The van der Waals surface area contributed by atoms with Crippen molar-refractivity contribution in [1.29, 1.82) is 0 Å². The Kier molecular flexibility index (Phi) is 6.92. The van der Waals surface area contributed by atoms with E-state index in [1.54, 1.807) is 19.4 Å². The Hall–Kier alpha value is -3.80. The third-order valence-corrected chi connectivity index (χ3v) is 5.10. The number of nitrogens with two attached hydrogens (primary N) is 1. The standard InChI is InChI=1S/C25H28N4O2/c1-5-18-15-20(26)21(14-17(18)3)28-23(30)12-11-19-9-7-13-27-25(19)29-24-16(2)8-6-10-22(24)31-4/h6-15H,5,26H2,1-4H3,(H,27,29)(H,28,30)/b12-11+. The van der Waals surface area contributed by atoms with Gasteiger partial charge in [0.2, 0.25) is 5.91 Å². The molecule has 6 nitrogen and oxygen atoms in total. The van der Waals surface area contributed by atoms with Crippen molar-refractivity contribution in [3.63, 3.8) is 0 Å². The molecule has 0 spiro atoms. The van der Waals surface area contributed by atoms with Crippen molar-refractivity contribution in [2.24, 2.45) is 0 Å². The van der Waals surface area contributed by atoms with Crippen LogP contribution in [0.2, 0.25) is 0 Å². The molecule has 0 bridgehead atoms. The number of nitrogen functional groups attached to an aromatic ring is 1. The molecule has 1 aromatic heterocycles. The molecule has 160 valence electrons. The number of anilines is 4. The molecule has 0 radical (unpaired) electrons. The first kappa shape index (κ1) is 21.9. The Morgan fingerprint density at radius 1 is 1.16 bits per heavy atom. The summed E-state index contributed by atoms with van der Waals surface area (Å²) in [6.07, 6.45) is 5.79. The third kappa shape index (κ3) is 5.22. The fraction of sp³-hybridized carbons (Fsp3) is 0.200. The first-order chi connectivity index (χ1) is 14.9. The van der Waals surface area contributed by atoms with Gasteiger partial charge in [-0.15, -0.1) is 0 Å². The van der Waals surface area contributed by atoms with Gasteiger partial charge in [-0.05, 0) is 73.4 Å². The number of carbonyl (C=O) groups excluding carboxylic acids is 1. The van der Waals surface area contributed by atoms with E-state index >= 15 is 0 Å². The number of para-hydroxylation sites is 1. The Morgan fingerprint density at radius 2 is 1.97 bits per heavy atom. The van der Waals surface area contributed by atoms with Crippen molar-refractivity contribution >= 4 is 34.9 Å². The lowest BCUT2D eigenvalue weighted by Crippen LogP contribution is -2.10. The maximum atomic E-state index is 12.5. The number of carbonyl (C=O) groups is 1. The minimum atomic E-state index is -0.265. The fourth-order valence-electron chi connectivity index (χ4n) is 3.35. The summed E-state index contributed by atoms with van der Waals surface area (Å²) in [5, 5.41) is 6.18. The molecular weight excluding hydrogens is 388 g/mol. The number of nitrogens with zero attached hydrogens (tertiary/aromatic N) is 1. The van der Waals surface area contributed by atoms with Crippen molar-refractivity contribution < 1.29 is 9.53 Å². The van der Waals surface area contributed by atoms with Gasteiger partial charge in [-0.2, -0.15) is 0 Å². The minimum absolute atomic E-state index is 0.265. The zero-order chi connectivity index (χ0) is 22.4. The van der Waals surface area contributed by atoms with Gasteiger partial charge in [-0.3, -0.25) is 4.79 Å². The number of hydrogen-bond donors (Lipinski definition) is 3. The van der Waals surface area contributed by atoms with Gasteiger partial charge in [-0.1, -0.05) is 19.1 Å². The number of hydrogen-bond acceptors (Lipinski definition) is 5. The molecule has 0 fully saturated rings. The number of benzene rings is 2. The van der Waals surface area contributed by atoms with Gasteiger partial charge in [0.25, 0.3) is 0 Å². The van der Waals surface area contributed by atoms with Crippen molar-refractivity contribution in [3.8, 4) is 5.75 Å². The third-order valence-electron chi connectivity index (χ3n) is 5.10. The lowest BCUT2D eigenvalue weighted by Gasteiger charge is -2.14. The van der Waals surface area contributed by atoms with Crippen LogP contribution in [0.5, 0.6) is 5.75 Å². The Bertz CT molecular complexity index is 1120. The molecule has 31 heavy (non-hydrogen) atoms. The van der Waals surface area contributed by atoms with Crippen LogP contribution in [0.1, 0.15) is 29.2 Å². The van der Waals surface area contributed by atoms with Crippen molar-refractivity contribution in [1.82, 2.24) is 4.98 Å². The summed E-state index contributed by atoms with van der Waals surface area (Å²) < 4.78 is 5.46. The molecule has 0 aliphatic rings. The van der Waals surface area contributed by atoms with Gasteiger partial charge in [0.1, 0.15) is 11.6 Å². The molecule has 1 amide bonds. The maximum absolute atomic E-state index is 12.5. The lowest BCUT2D eigenvalue weighted by atomic mass is 10.0. The highest BCUT2D eigenvalue weighted by Crippen LogP contribution is 2.31. The molecule has 0 atom stereocenters. The predicted molar refractivity (Wildman–Crippen MR) is 128 cm³/mol. The molecule has 4 N–H and O–H groups in total. The van der Waals surface area contributed by atoms with Crippen LogP contribution in [0.3, 0.4) is 0 Å². The quantitative estimate of drug-likeness (QED) is 0.362. The molecule has 0 unspecified atom stereocenters. The van der Waals surface area contributed by atoms with Crippen LogP contribution >= 0.6 is 0 Å². The topological polar surface area (TPSA) is 89.3 Å². The van der Waals surface area contributed by atoms with Gasteiger partial charge in [0.15, 0.2) is 0 Å². The molecule has 0 saturated heterocycles. The van der Waals surface area contributed by atoms with Crippen LogP contribution in [-0.4, -0.2) is 18.0 Å². The fourth-order valence-corrected chi connectivity index (χ4v) is 3.35. The minimum Gasteiger partial charge on any atom is -0.495 e. The predicted octanol–water partition coefficient (Wildman–Crippen LogP) is 5.25. The molecule has 2 aromatic carbocycles.